The topological polar surface area (TPSA) is 73.9 Å². The Morgan fingerprint density at radius 3 is 2.68 bits per heavy atom. The molecule has 3 rings (SSSR count). The number of likely N-dealkylation sites (tertiary alicyclic amines) is 1. The van der Waals surface area contributed by atoms with Crippen molar-refractivity contribution in [3.63, 3.8) is 0 Å². The Morgan fingerprint density at radius 1 is 1.23 bits per heavy atom. The highest BCUT2D eigenvalue weighted by Gasteiger charge is 2.28. The van der Waals surface area contributed by atoms with Gasteiger partial charge in [-0.2, -0.15) is 0 Å². The standard InChI is InChI=1S/C24H38N4O3/c1-4-27(5-2)13-6-12-25-23(29)19-9-14-28(15-10-19)24(30)26-18(3)20-7-8-22-21(17-20)11-16-31-22/h7-8,17-19H,4-6,9-16H2,1-3H3,(H,25,29)(H,26,30)/t18-/m0/s1. The van der Waals surface area contributed by atoms with Gasteiger partial charge < -0.3 is 25.2 Å². The molecule has 3 amide bonds. The molecule has 7 heteroatoms. The number of carbonyl (C=O) groups is 2. The normalized spacial score (nSPS) is 17.2. The van der Waals surface area contributed by atoms with Gasteiger partial charge in [0.15, 0.2) is 0 Å². The van der Waals surface area contributed by atoms with Crippen LogP contribution in [0.5, 0.6) is 5.75 Å². The quantitative estimate of drug-likeness (QED) is 0.591. The molecule has 1 aromatic carbocycles. The van der Waals surface area contributed by atoms with Crippen molar-refractivity contribution >= 4 is 11.9 Å². The Bertz CT molecular complexity index is 742. The van der Waals surface area contributed by atoms with Crippen LogP contribution in [0.2, 0.25) is 0 Å². The minimum atomic E-state index is -0.0646. The summed E-state index contributed by atoms with van der Waals surface area (Å²) in [4.78, 5) is 29.4. The van der Waals surface area contributed by atoms with Gasteiger partial charge >= 0.3 is 6.03 Å². The summed E-state index contributed by atoms with van der Waals surface area (Å²) in [5.41, 5.74) is 2.30. The molecular formula is C24H38N4O3. The van der Waals surface area contributed by atoms with Crippen LogP contribution in [-0.2, 0) is 11.2 Å². The number of nitrogens with one attached hydrogen (secondary N) is 2. The summed E-state index contributed by atoms with van der Waals surface area (Å²) >= 11 is 0. The smallest absolute Gasteiger partial charge is 0.317 e. The lowest BCUT2D eigenvalue weighted by Crippen LogP contribution is -2.47. The van der Waals surface area contributed by atoms with Crippen LogP contribution < -0.4 is 15.4 Å². The van der Waals surface area contributed by atoms with Crippen LogP contribution in [0.3, 0.4) is 0 Å². The van der Waals surface area contributed by atoms with Gasteiger partial charge in [0, 0.05) is 32.0 Å². The zero-order chi connectivity index (χ0) is 22.2. The fourth-order valence-corrected chi connectivity index (χ4v) is 4.38. The zero-order valence-corrected chi connectivity index (χ0v) is 19.3. The first-order valence-electron chi connectivity index (χ1n) is 11.8. The Hall–Kier alpha value is -2.28. The second kappa shape index (κ2) is 11.4. The molecule has 2 heterocycles. The van der Waals surface area contributed by atoms with Crippen LogP contribution in [0.15, 0.2) is 18.2 Å². The van der Waals surface area contributed by atoms with E-state index in [0.29, 0.717) is 13.1 Å². The van der Waals surface area contributed by atoms with Crippen molar-refractivity contribution in [1.29, 1.82) is 0 Å². The van der Waals surface area contributed by atoms with E-state index in [1.807, 2.05) is 24.0 Å². The molecule has 0 saturated carbocycles. The number of amides is 3. The van der Waals surface area contributed by atoms with Crippen LogP contribution in [0.4, 0.5) is 4.79 Å². The molecule has 1 aromatic rings. The monoisotopic (exact) mass is 430 g/mol. The first-order valence-corrected chi connectivity index (χ1v) is 11.8. The fraction of sp³-hybridized carbons (Fsp3) is 0.667. The lowest BCUT2D eigenvalue weighted by molar-refractivity contribution is -0.126. The first-order chi connectivity index (χ1) is 15.0. The molecule has 0 spiro atoms. The predicted octanol–water partition coefficient (Wildman–Crippen LogP) is 2.95. The molecule has 0 unspecified atom stereocenters. The Kier molecular flexibility index (Phi) is 8.58. The molecule has 31 heavy (non-hydrogen) atoms. The van der Waals surface area contributed by atoms with Crippen molar-refractivity contribution in [2.75, 3.05) is 45.9 Å². The Labute approximate surface area is 186 Å². The van der Waals surface area contributed by atoms with Crippen molar-refractivity contribution in [1.82, 2.24) is 20.4 Å². The summed E-state index contributed by atoms with van der Waals surface area (Å²) in [5.74, 6) is 1.09. The number of hydrogen-bond donors (Lipinski definition) is 2. The summed E-state index contributed by atoms with van der Waals surface area (Å²) in [7, 11) is 0. The van der Waals surface area contributed by atoms with E-state index in [-0.39, 0.29) is 23.9 Å². The highest BCUT2D eigenvalue weighted by Crippen LogP contribution is 2.28. The van der Waals surface area contributed by atoms with Crippen LogP contribution in [0.25, 0.3) is 0 Å². The molecule has 2 aliphatic rings. The number of urea groups is 1. The highest BCUT2D eigenvalue weighted by atomic mass is 16.5. The van der Waals surface area contributed by atoms with Gasteiger partial charge in [-0.3, -0.25) is 4.79 Å². The summed E-state index contributed by atoms with van der Waals surface area (Å²) in [5, 5.41) is 6.18. The maximum absolute atomic E-state index is 12.7. The third kappa shape index (κ3) is 6.35. The van der Waals surface area contributed by atoms with Crippen LogP contribution in [0.1, 0.15) is 57.2 Å². The third-order valence-corrected chi connectivity index (χ3v) is 6.55. The molecule has 0 aliphatic carbocycles. The van der Waals surface area contributed by atoms with Crippen LogP contribution in [-0.4, -0.2) is 67.6 Å². The number of fused-ring (bicyclic) bond motifs is 1. The van der Waals surface area contributed by atoms with Gasteiger partial charge in [0.25, 0.3) is 0 Å². The number of carbonyl (C=O) groups excluding carboxylic acids is 2. The van der Waals surface area contributed by atoms with E-state index in [1.165, 1.54) is 5.56 Å². The summed E-state index contributed by atoms with van der Waals surface area (Å²) < 4.78 is 5.56. The minimum absolute atomic E-state index is 0.00615. The van der Waals surface area contributed by atoms with Crippen molar-refractivity contribution in [3.8, 4) is 5.75 Å². The summed E-state index contributed by atoms with van der Waals surface area (Å²) in [6.07, 6.45) is 3.34. The van der Waals surface area contributed by atoms with Crippen molar-refractivity contribution in [2.24, 2.45) is 5.92 Å². The number of nitrogens with zero attached hydrogens (tertiary/aromatic N) is 2. The summed E-state index contributed by atoms with van der Waals surface area (Å²) in [6.45, 7) is 12.1. The number of rotatable bonds is 9. The van der Waals surface area contributed by atoms with Gasteiger partial charge in [-0.15, -0.1) is 0 Å². The van der Waals surface area contributed by atoms with Gasteiger partial charge in [0.05, 0.1) is 12.6 Å². The molecule has 1 atom stereocenters. The molecule has 2 aliphatic heterocycles. The molecule has 1 saturated heterocycles. The largest absolute Gasteiger partial charge is 0.493 e. The molecule has 2 N–H and O–H groups in total. The van der Waals surface area contributed by atoms with Gasteiger partial charge in [0.1, 0.15) is 5.75 Å². The van der Waals surface area contributed by atoms with Crippen LogP contribution >= 0.6 is 0 Å². The van der Waals surface area contributed by atoms with Crippen molar-refractivity contribution < 1.29 is 14.3 Å². The fourth-order valence-electron chi connectivity index (χ4n) is 4.38. The highest BCUT2D eigenvalue weighted by molar-refractivity contribution is 5.79. The maximum atomic E-state index is 12.7. The molecule has 1 fully saturated rings. The zero-order valence-electron chi connectivity index (χ0n) is 19.3. The van der Waals surface area contributed by atoms with E-state index < -0.39 is 0 Å². The van der Waals surface area contributed by atoms with Gasteiger partial charge in [0.2, 0.25) is 5.91 Å². The molecule has 0 radical (unpaired) electrons. The van der Waals surface area contributed by atoms with E-state index in [0.717, 1.165) is 69.8 Å². The van der Waals surface area contributed by atoms with E-state index >= 15 is 0 Å². The predicted molar refractivity (Wildman–Crippen MR) is 122 cm³/mol. The van der Waals surface area contributed by atoms with Gasteiger partial charge in [-0.25, -0.2) is 4.79 Å². The molecular weight excluding hydrogens is 392 g/mol. The van der Waals surface area contributed by atoms with E-state index in [1.54, 1.807) is 0 Å². The Balaban J connectivity index is 1.37. The number of benzene rings is 1. The second-order valence-electron chi connectivity index (χ2n) is 8.57. The van der Waals surface area contributed by atoms with Crippen LogP contribution in [0, 0.1) is 5.92 Å². The Morgan fingerprint density at radius 2 is 1.97 bits per heavy atom. The lowest BCUT2D eigenvalue weighted by atomic mass is 9.96. The molecule has 0 aromatic heterocycles. The van der Waals surface area contributed by atoms with Gasteiger partial charge in [-0.1, -0.05) is 19.9 Å². The molecule has 172 valence electrons. The summed E-state index contributed by atoms with van der Waals surface area (Å²) in [6, 6.07) is 6.02. The average molecular weight is 431 g/mol. The number of ether oxygens (including phenoxy) is 1. The number of hydrogen-bond acceptors (Lipinski definition) is 4. The minimum Gasteiger partial charge on any atom is -0.493 e. The van der Waals surface area contributed by atoms with E-state index in [4.69, 9.17) is 4.74 Å². The van der Waals surface area contributed by atoms with Crippen molar-refractivity contribution in [2.45, 2.75) is 52.5 Å². The van der Waals surface area contributed by atoms with E-state index in [2.05, 4.69) is 35.4 Å². The molecule has 0 bridgehead atoms. The van der Waals surface area contributed by atoms with Crippen molar-refractivity contribution in [3.05, 3.63) is 29.3 Å². The third-order valence-electron chi connectivity index (χ3n) is 6.55. The average Bonchev–Trinajstić information content (AvgIpc) is 3.27. The maximum Gasteiger partial charge on any atom is 0.317 e. The lowest BCUT2D eigenvalue weighted by Gasteiger charge is -2.32. The SMILES string of the molecule is CCN(CC)CCCNC(=O)C1CCN(C(=O)N[C@@H](C)c2ccc3c(c2)CCO3)CC1. The first kappa shape index (κ1) is 23.4. The molecule has 7 nitrogen and oxygen atoms in total. The second-order valence-corrected chi connectivity index (χ2v) is 8.57. The van der Waals surface area contributed by atoms with Gasteiger partial charge in [-0.05, 0) is 69.1 Å². The number of piperidine rings is 1. The van der Waals surface area contributed by atoms with E-state index in [9.17, 15) is 9.59 Å².